The number of anilines is 1. The number of rotatable bonds is 5. The summed E-state index contributed by atoms with van der Waals surface area (Å²) >= 11 is 4.98. The molecule has 0 amide bonds. The molecule has 2 rings (SSSR count). The molecule has 1 aliphatic rings. The number of thiophene rings is 1. The number of halogens is 1. The molecule has 0 atom stereocenters. The van der Waals surface area contributed by atoms with Crippen molar-refractivity contribution in [2.24, 2.45) is 0 Å². The van der Waals surface area contributed by atoms with E-state index in [2.05, 4.69) is 46.7 Å². The summed E-state index contributed by atoms with van der Waals surface area (Å²) in [4.78, 5) is 16.1. The maximum atomic E-state index is 11.4. The summed E-state index contributed by atoms with van der Waals surface area (Å²) in [6.45, 7) is 5.00. The van der Waals surface area contributed by atoms with Crippen LogP contribution < -0.4 is 4.90 Å². The zero-order chi connectivity index (χ0) is 16.4. The summed E-state index contributed by atoms with van der Waals surface area (Å²) in [7, 11) is 4.31. The summed E-state index contributed by atoms with van der Waals surface area (Å²) in [5, 5.41) is 10.5. The average Bonchev–Trinajstić information content (AvgIpc) is 2.75. The quantitative estimate of drug-likeness (QED) is 0.819. The Morgan fingerprint density at radius 3 is 2.23 bits per heavy atom. The van der Waals surface area contributed by atoms with Crippen LogP contribution in [0, 0.1) is 6.92 Å². The first-order valence-electron chi connectivity index (χ1n) is 7.82. The molecule has 0 spiro atoms. The van der Waals surface area contributed by atoms with Crippen molar-refractivity contribution in [3.05, 3.63) is 14.9 Å². The highest BCUT2D eigenvalue weighted by Gasteiger charge is 2.29. The van der Waals surface area contributed by atoms with Crippen LogP contribution in [0.4, 0.5) is 5.00 Å². The van der Waals surface area contributed by atoms with E-state index in [1.165, 1.54) is 25.7 Å². The number of hydrogen-bond donors (Lipinski definition) is 1. The maximum absolute atomic E-state index is 11.4. The lowest BCUT2D eigenvalue weighted by atomic mass is 9.89. The number of aromatic carboxylic acids is 1. The number of carbonyl (C=O) groups is 1. The summed E-state index contributed by atoms with van der Waals surface area (Å²) < 4.78 is 0.730. The van der Waals surface area contributed by atoms with Gasteiger partial charge in [-0.15, -0.1) is 11.3 Å². The van der Waals surface area contributed by atoms with Gasteiger partial charge in [0.25, 0.3) is 0 Å². The molecule has 4 nitrogen and oxygen atoms in total. The molecule has 6 heteroatoms. The molecule has 1 aromatic rings. The Morgan fingerprint density at radius 2 is 1.82 bits per heavy atom. The molecule has 0 bridgehead atoms. The molecule has 0 aliphatic heterocycles. The van der Waals surface area contributed by atoms with Gasteiger partial charge in [0, 0.05) is 18.6 Å². The number of hydrogen-bond acceptors (Lipinski definition) is 4. The second-order valence-corrected chi connectivity index (χ2v) is 8.52. The van der Waals surface area contributed by atoms with E-state index in [1.807, 2.05) is 6.92 Å². The fourth-order valence-electron chi connectivity index (χ4n) is 3.44. The Kier molecular flexibility index (Phi) is 5.91. The summed E-state index contributed by atoms with van der Waals surface area (Å²) in [5.41, 5.74) is 1.31. The Morgan fingerprint density at radius 1 is 1.27 bits per heavy atom. The minimum atomic E-state index is -0.848. The monoisotopic (exact) mass is 388 g/mol. The van der Waals surface area contributed by atoms with Crippen molar-refractivity contribution in [3.8, 4) is 0 Å². The molecule has 22 heavy (non-hydrogen) atoms. The predicted molar refractivity (Wildman–Crippen MR) is 96.5 cm³/mol. The van der Waals surface area contributed by atoms with E-state index in [1.54, 1.807) is 11.3 Å². The van der Waals surface area contributed by atoms with E-state index < -0.39 is 5.97 Å². The van der Waals surface area contributed by atoms with Gasteiger partial charge in [0.05, 0.1) is 14.4 Å². The van der Waals surface area contributed by atoms with E-state index in [4.69, 9.17) is 0 Å². The van der Waals surface area contributed by atoms with Gasteiger partial charge in [0.2, 0.25) is 0 Å². The van der Waals surface area contributed by atoms with Crippen LogP contribution in [0.25, 0.3) is 0 Å². The lowest BCUT2D eigenvalue weighted by molar-refractivity contribution is 0.0696. The second kappa shape index (κ2) is 7.32. The molecule has 0 saturated heterocycles. The molecule has 1 N–H and O–H groups in total. The van der Waals surface area contributed by atoms with Gasteiger partial charge in [0.1, 0.15) is 0 Å². The Hall–Kier alpha value is -0.590. The van der Waals surface area contributed by atoms with Crippen LogP contribution in [0.2, 0.25) is 0 Å². The Balaban J connectivity index is 2.20. The first kappa shape index (κ1) is 17.8. The molecule has 0 aromatic carbocycles. The predicted octanol–water partition coefficient (Wildman–Crippen LogP) is 4.22. The lowest BCUT2D eigenvalue weighted by Crippen LogP contribution is -2.42. The van der Waals surface area contributed by atoms with Crippen molar-refractivity contribution in [2.45, 2.75) is 51.6 Å². The SMILES string of the molecule is CCN(c1sc(Br)c(C(=O)O)c1C)C1CCC(N(C)C)CC1. The summed E-state index contributed by atoms with van der Waals surface area (Å²) in [5.74, 6) is -0.848. The third-order valence-electron chi connectivity index (χ3n) is 4.73. The van der Waals surface area contributed by atoms with Gasteiger partial charge < -0.3 is 14.9 Å². The number of nitrogens with zero attached hydrogens (tertiary/aromatic N) is 2. The molecular weight excluding hydrogens is 364 g/mol. The van der Waals surface area contributed by atoms with Crippen molar-refractivity contribution in [1.29, 1.82) is 0 Å². The zero-order valence-corrected chi connectivity index (χ0v) is 16.1. The van der Waals surface area contributed by atoms with Gasteiger partial charge in [-0.2, -0.15) is 0 Å². The normalized spacial score (nSPS) is 22.1. The standard InChI is InChI=1S/C16H25BrN2O2S/c1-5-19(12-8-6-11(7-9-12)18(3)4)15-10(2)13(16(20)21)14(17)22-15/h11-12H,5-9H2,1-4H3,(H,20,21). The largest absolute Gasteiger partial charge is 0.478 e. The van der Waals surface area contributed by atoms with E-state index in [0.717, 1.165) is 20.9 Å². The minimum absolute atomic E-state index is 0.417. The van der Waals surface area contributed by atoms with Crippen LogP contribution in [-0.4, -0.2) is 48.7 Å². The smallest absolute Gasteiger partial charge is 0.338 e. The minimum Gasteiger partial charge on any atom is -0.478 e. The van der Waals surface area contributed by atoms with Crippen LogP contribution in [0.1, 0.15) is 48.5 Å². The molecule has 124 valence electrons. The zero-order valence-electron chi connectivity index (χ0n) is 13.7. The highest BCUT2D eigenvalue weighted by atomic mass is 79.9. The van der Waals surface area contributed by atoms with Crippen molar-refractivity contribution >= 4 is 38.2 Å². The molecule has 1 heterocycles. The highest BCUT2D eigenvalue weighted by Crippen LogP contribution is 2.41. The molecule has 1 saturated carbocycles. The third-order valence-corrected chi connectivity index (χ3v) is 6.73. The van der Waals surface area contributed by atoms with Gasteiger partial charge in [0.15, 0.2) is 0 Å². The Bertz CT molecular complexity index is 536. The van der Waals surface area contributed by atoms with Crippen molar-refractivity contribution < 1.29 is 9.90 Å². The molecular formula is C16H25BrN2O2S. The fourth-order valence-corrected chi connectivity index (χ4v) is 5.53. The first-order chi connectivity index (χ1) is 10.4. The molecule has 0 unspecified atom stereocenters. The van der Waals surface area contributed by atoms with Gasteiger partial charge >= 0.3 is 5.97 Å². The van der Waals surface area contributed by atoms with Crippen LogP contribution in [0.5, 0.6) is 0 Å². The Labute approximate surface area is 145 Å². The van der Waals surface area contributed by atoms with Gasteiger partial charge in [-0.25, -0.2) is 4.79 Å². The number of carboxylic acids is 1. The number of carboxylic acid groups (broad SMARTS) is 1. The van der Waals surface area contributed by atoms with Crippen LogP contribution >= 0.6 is 27.3 Å². The summed E-state index contributed by atoms with van der Waals surface area (Å²) in [6.07, 6.45) is 4.78. The molecule has 0 radical (unpaired) electrons. The summed E-state index contributed by atoms with van der Waals surface area (Å²) in [6, 6.07) is 1.20. The highest BCUT2D eigenvalue weighted by molar-refractivity contribution is 9.11. The van der Waals surface area contributed by atoms with Crippen molar-refractivity contribution in [1.82, 2.24) is 4.90 Å². The van der Waals surface area contributed by atoms with Crippen molar-refractivity contribution in [2.75, 3.05) is 25.5 Å². The van der Waals surface area contributed by atoms with E-state index in [-0.39, 0.29) is 0 Å². The van der Waals surface area contributed by atoms with Gasteiger partial charge in [-0.05, 0) is 75.1 Å². The van der Waals surface area contributed by atoms with E-state index in [0.29, 0.717) is 17.6 Å². The molecule has 1 aliphatic carbocycles. The molecule has 1 fully saturated rings. The second-order valence-electron chi connectivity index (χ2n) is 6.20. The van der Waals surface area contributed by atoms with Crippen LogP contribution in [0.3, 0.4) is 0 Å². The van der Waals surface area contributed by atoms with Gasteiger partial charge in [-0.3, -0.25) is 0 Å². The molecule has 1 aromatic heterocycles. The lowest BCUT2D eigenvalue weighted by Gasteiger charge is -2.39. The fraction of sp³-hybridized carbons (Fsp3) is 0.688. The van der Waals surface area contributed by atoms with Crippen LogP contribution in [-0.2, 0) is 0 Å². The maximum Gasteiger partial charge on any atom is 0.338 e. The van der Waals surface area contributed by atoms with E-state index in [9.17, 15) is 9.90 Å². The van der Waals surface area contributed by atoms with E-state index >= 15 is 0 Å². The third kappa shape index (κ3) is 3.49. The van der Waals surface area contributed by atoms with Crippen LogP contribution in [0.15, 0.2) is 3.79 Å². The first-order valence-corrected chi connectivity index (χ1v) is 9.43. The van der Waals surface area contributed by atoms with Crippen molar-refractivity contribution in [3.63, 3.8) is 0 Å². The average molecular weight is 389 g/mol. The van der Waals surface area contributed by atoms with Gasteiger partial charge in [-0.1, -0.05) is 0 Å². The topological polar surface area (TPSA) is 43.8 Å².